The van der Waals surface area contributed by atoms with Crippen molar-refractivity contribution in [2.24, 2.45) is 0 Å². The van der Waals surface area contributed by atoms with Gasteiger partial charge >= 0.3 is 0 Å². The Labute approximate surface area is 164 Å². The molecule has 1 fully saturated rings. The zero-order chi connectivity index (χ0) is 19.0. The van der Waals surface area contributed by atoms with Crippen LogP contribution in [0.15, 0.2) is 33.7 Å². The van der Waals surface area contributed by atoms with Gasteiger partial charge in [0.2, 0.25) is 5.95 Å². The summed E-state index contributed by atoms with van der Waals surface area (Å²) in [6, 6.07) is 5.88. The Hall–Kier alpha value is -2.23. The maximum atomic E-state index is 13.1. The summed E-state index contributed by atoms with van der Waals surface area (Å²) in [6.07, 6.45) is 1.71. The second-order valence-corrected chi connectivity index (χ2v) is 7.35. The molecule has 8 nitrogen and oxygen atoms in total. The first-order valence-corrected chi connectivity index (χ1v) is 9.58. The van der Waals surface area contributed by atoms with E-state index in [-0.39, 0.29) is 18.7 Å². The highest BCUT2D eigenvalue weighted by Gasteiger charge is 2.21. The predicted molar refractivity (Wildman–Crippen MR) is 106 cm³/mol. The third kappa shape index (κ3) is 3.38. The smallest absolute Gasteiger partial charge is 0.266 e. The summed E-state index contributed by atoms with van der Waals surface area (Å²) in [5.41, 5.74) is 2.12. The number of anilines is 1. The van der Waals surface area contributed by atoms with Crippen molar-refractivity contribution in [3.05, 3.63) is 44.8 Å². The number of benzene rings is 1. The molecule has 3 heterocycles. The summed E-state index contributed by atoms with van der Waals surface area (Å²) in [5, 5.41) is 14.4. The average Bonchev–Trinajstić information content (AvgIpc) is 3.09. The van der Waals surface area contributed by atoms with Crippen LogP contribution in [0, 0.1) is 6.92 Å². The quantitative estimate of drug-likeness (QED) is 0.670. The van der Waals surface area contributed by atoms with E-state index >= 15 is 0 Å². The third-order valence-electron chi connectivity index (χ3n) is 4.64. The number of aromatic nitrogens is 4. The van der Waals surface area contributed by atoms with Crippen LogP contribution in [0.4, 0.5) is 5.95 Å². The van der Waals surface area contributed by atoms with Crippen molar-refractivity contribution in [2.75, 3.05) is 37.8 Å². The summed E-state index contributed by atoms with van der Waals surface area (Å²) in [7, 11) is 0. The van der Waals surface area contributed by atoms with Crippen LogP contribution >= 0.6 is 15.9 Å². The Morgan fingerprint density at radius 1 is 1.30 bits per heavy atom. The molecule has 0 spiro atoms. The molecule has 2 aromatic heterocycles. The van der Waals surface area contributed by atoms with E-state index in [1.54, 1.807) is 10.9 Å². The van der Waals surface area contributed by atoms with Crippen molar-refractivity contribution < 1.29 is 9.84 Å². The molecule has 4 rings (SSSR count). The van der Waals surface area contributed by atoms with Gasteiger partial charge < -0.3 is 14.7 Å². The molecule has 9 heteroatoms. The lowest BCUT2D eigenvalue weighted by Gasteiger charge is -2.29. The van der Waals surface area contributed by atoms with Gasteiger partial charge in [-0.25, -0.2) is 4.68 Å². The standard InChI is InChI=1S/C18H20BrN5O3/c1-12-10-13(19)2-3-15(12)24-11-14-16(21-24)20-18(22-5-8-27-9-6-22)23(4-7-25)17(14)26/h2-3,10-11,25H,4-9H2,1H3. The lowest BCUT2D eigenvalue weighted by Crippen LogP contribution is -2.41. The summed E-state index contributed by atoms with van der Waals surface area (Å²) in [4.78, 5) is 19.7. The van der Waals surface area contributed by atoms with Gasteiger partial charge in [0.25, 0.3) is 5.56 Å². The first-order valence-electron chi connectivity index (χ1n) is 8.79. The molecule has 1 saturated heterocycles. The normalized spacial score (nSPS) is 14.9. The molecule has 0 amide bonds. The number of halogens is 1. The molecule has 27 heavy (non-hydrogen) atoms. The molecule has 0 radical (unpaired) electrons. The van der Waals surface area contributed by atoms with Crippen LogP contribution in [0.3, 0.4) is 0 Å². The summed E-state index contributed by atoms with van der Waals surface area (Å²) < 4.78 is 9.59. The second-order valence-electron chi connectivity index (χ2n) is 6.43. The topological polar surface area (TPSA) is 85.4 Å². The van der Waals surface area contributed by atoms with Gasteiger partial charge in [0.15, 0.2) is 5.65 Å². The minimum Gasteiger partial charge on any atom is -0.395 e. The van der Waals surface area contributed by atoms with Gasteiger partial charge in [-0.05, 0) is 30.7 Å². The van der Waals surface area contributed by atoms with Gasteiger partial charge in [-0.1, -0.05) is 15.9 Å². The minimum atomic E-state index is -0.198. The molecule has 0 saturated carbocycles. The number of aryl methyl sites for hydroxylation is 1. The predicted octanol–water partition coefficient (Wildman–Crippen LogP) is 1.48. The molecule has 1 aromatic carbocycles. The molecule has 3 aromatic rings. The maximum absolute atomic E-state index is 13.1. The zero-order valence-electron chi connectivity index (χ0n) is 14.9. The second kappa shape index (κ2) is 7.41. The average molecular weight is 434 g/mol. The number of morpholine rings is 1. The van der Waals surface area contributed by atoms with Crippen molar-refractivity contribution in [3.8, 4) is 5.69 Å². The number of rotatable bonds is 4. The fourth-order valence-electron chi connectivity index (χ4n) is 3.30. The number of fused-ring (bicyclic) bond motifs is 1. The van der Waals surface area contributed by atoms with E-state index in [9.17, 15) is 9.90 Å². The molecule has 1 aliphatic rings. The lowest BCUT2D eigenvalue weighted by atomic mass is 10.2. The van der Waals surface area contributed by atoms with E-state index in [4.69, 9.17) is 4.74 Å². The number of ether oxygens (including phenoxy) is 1. The van der Waals surface area contributed by atoms with E-state index in [1.807, 2.05) is 30.0 Å². The lowest BCUT2D eigenvalue weighted by molar-refractivity contribution is 0.121. The van der Waals surface area contributed by atoms with Crippen LogP contribution < -0.4 is 10.5 Å². The molecule has 0 aliphatic carbocycles. The van der Waals surface area contributed by atoms with E-state index in [0.717, 1.165) is 15.7 Å². The third-order valence-corrected chi connectivity index (χ3v) is 5.13. The number of nitrogens with zero attached hydrogens (tertiary/aromatic N) is 5. The van der Waals surface area contributed by atoms with Crippen molar-refractivity contribution in [3.63, 3.8) is 0 Å². The monoisotopic (exact) mass is 433 g/mol. The SMILES string of the molecule is Cc1cc(Br)ccc1-n1cc2c(=O)n(CCO)c(N3CCOCC3)nc2n1. The Balaban J connectivity index is 1.87. The molecular weight excluding hydrogens is 414 g/mol. The minimum absolute atomic E-state index is 0.135. The molecule has 0 bridgehead atoms. The molecule has 0 unspecified atom stereocenters. The van der Waals surface area contributed by atoms with Gasteiger partial charge in [-0.2, -0.15) is 4.98 Å². The van der Waals surface area contributed by atoms with Crippen molar-refractivity contribution >= 4 is 32.9 Å². The van der Waals surface area contributed by atoms with E-state index in [1.165, 1.54) is 4.57 Å². The van der Waals surface area contributed by atoms with Crippen LogP contribution in [0.2, 0.25) is 0 Å². The Morgan fingerprint density at radius 2 is 2.07 bits per heavy atom. The van der Waals surface area contributed by atoms with E-state index in [0.29, 0.717) is 43.3 Å². The van der Waals surface area contributed by atoms with Crippen molar-refractivity contribution in [1.82, 2.24) is 19.3 Å². The highest BCUT2D eigenvalue weighted by Crippen LogP contribution is 2.21. The first kappa shape index (κ1) is 18.1. The van der Waals surface area contributed by atoms with Crippen LogP contribution in [-0.4, -0.2) is 57.3 Å². The molecular formula is C18H20BrN5O3. The van der Waals surface area contributed by atoms with E-state index in [2.05, 4.69) is 26.0 Å². The highest BCUT2D eigenvalue weighted by atomic mass is 79.9. The molecule has 0 atom stereocenters. The number of hydrogen-bond acceptors (Lipinski definition) is 6. The van der Waals surface area contributed by atoms with Crippen molar-refractivity contribution in [1.29, 1.82) is 0 Å². The number of hydrogen-bond donors (Lipinski definition) is 1. The number of aliphatic hydroxyl groups excluding tert-OH is 1. The van der Waals surface area contributed by atoms with Crippen LogP contribution in [-0.2, 0) is 11.3 Å². The molecule has 1 N–H and O–H groups in total. The number of aliphatic hydroxyl groups is 1. The largest absolute Gasteiger partial charge is 0.395 e. The Morgan fingerprint density at radius 3 is 2.78 bits per heavy atom. The first-order chi connectivity index (χ1) is 13.1. The summed E-state index contributed by atoms with van der Waals surface area (Å²) in [5.74, 6) is 0.530. The highest BCUT2D eigenvalue weighted by molar-refractivity contribution is 9.10. The van der Waals surface area contributed by atoms with Crippen LogP contribution in [0.1, 0.15) is 5.56 Å². The van der Waals surface area contributed by atoms with Crippen LogP contribution in [0.5, 0.6) is 0 Å². The summed E-state index contributed by atoms with van der Waals surface area (Å²) >= 11 is 3.46. The van der Waals surface area contributed by atoms with Gasteiger partial charge in [-0.3, -0.25) is 9.36 Å². The van der Waals surface area contributed by atoms with Crippen LogP contribution in [0.25, 0.3) is 16.7 Å². The Bertz CT molecular complexity index is 1040. The maximum Gasteiger partial charge on any atom is 0.266 e. The van der Waals surface area contributed by atoms with E-state index < -0.39 is 0 Å². The zero-order valence-corrected chi connectivity index (χ0v) is 16.5. The molecule has 1 aliphatic heterocycles. The van der Waals surface area contributed by atoms with Gasteiger partial charge in [-0.15, -0.1) is 5.10 Å². The van der Waals surface area contributed by atoms with Gasteiger partial charge in [0, 0.05) is 23.8 Å². The Kier molecular flexibility index (Phi) is 4.98. The van der Waals surface area contributed by atoms with Gasteiger partial charge in [0.1, 0.15) is 5.39 Å². The summed E-state index contributed by atoms with van der Waals surface area (Å²) in [6.45, 7) is 4.51. The van der Waals surface area contributed by atoms with Crippen molar-refractivity contribution in [2.45, 2.75) is 13.5 Å². The fourth-order valence-corrected chi connectivity index (χ4v) is 3.77. The fraction of sp³-hybridized carbons (Fsp3) is 0.389. The molecule has 142 valence electrons. The van der Waals surface area contributed by atoms with Gasteiger partial charge in [0.05, 0.1) is 32.1 Å².